The molecular formula is C15H18BrN3. The average molecular weight is 320 g/mol. The number of aromatic nitrogens is 2. The second-order valence-corrected chi connectivity index (χ2v) is 6.02. The third-order valence-corrected chi connectivity index (χ3v) is 4.34. The molecule has 19 heavy (non-hydrogen) atoms. The quantitative estimate of drug-likeness (QED) is 0.934. The molecule has 0 saturated heterocycles. The van der Waals surface area contributed by atoms with E-state index in [9.17, 15) is 0 Å². The molecule has 1 aromatic heterocycles. The van der Waals surface area contributed by atoms with Gasteiger partial charge in [0.15, 0.2) is 0 Å². The van der Waals surface area contributed by atoms with Crippen molar-refractivity contribution < 1.29 is 0 Å². The van der Waals surface area contributed by atoms with Crippen LogP contribution in [0.15, 0.2) is 28.7 Å². The summed E-state index contributed by atoms with van der Waals surface area (Å²) >= 11 is 3.60. The highest BCUT2D eigenvalue weighted by Gasteiger charge is 2.22. The molecule has 4 heteroatoms. The molecule has 0 amide bonds. The lowest BCUT2D eigenvalue weighted by atomic mass is 10.2. The minimum absolute atomic E-state index is 0.727. The van der Waals surface area contributed by atoms with Crippen LogP contribution in [0.5, 0.6) is 0 Å². The Morgan fingerprint density at radius 1 is 1.32 bits per heavy atom. The minimum atomic E-state index is 0.727. The van der Waals surface area contributed by atoms with E-state index in [1.807, 2.05) is 22.9 Å². The van der Waals surface area contributed by atoms with Gasteiger partial charge in [0.1, 0.15) is 0 Å². The van der Waals surface area contributed by atoms with Gasteiger partial charge >= 0.3 is 0 Å². The topological polar surface area (TPSA) is 29.9 Å². The van der Waals surface area contributed by atoms with Crippen molar-refractivity contribution >= 4 is 15.9 Å². The van der Waals surface area contributed by atoms with Crippen LogP contribution in [0.3, 0.4) is 0 Å². The number of rotatable bonds is 4. The van der Waals surface area contributed by atoms with Gasteiger partial charge in [-0.25, -0.2) is 4.68 Å². The van der Waals surface area contributed by atoms with E-state index in [0.717, 1.165) is 28.4 Å². The van der Waals surface area contributed by atoms with Crippen molar-refractivity contribution in [2.24, 2.45) is 0 Å². The standard InChI is InChI=1S/C15H18BrN3/c1-10-13(9-17-12-7-8-12)11(2)19(18-10)15-6-4-3-5-14(15)16/h3-6,12,17H,7-9H2,1-2H3. The third kappa shape index (κ3) is 2.60. The Balaban J connectivity index is 1.94. The van der Waals surface area contributed by atoms with Gasteiger partial charge in [0.25, 0.3) is 0 Å². The van der Waals surface area contributed by atoms with Crippen LogP contribution >= 0.6 is 15.9 Å². The molecule has 0 bridgehead atoms. The van der Waals surface area contributed by atoms with Crippen LogP contribution in [0.2, 0.25) is 0 Å². The second kappa shape index (κ2) is 5.10. The molecule has 3 nitrogen and oxygen atoms in total. The van der Waals surface area contributed by atoms with E-state index in [2.05, 4.69) is 46.3 Å². The summed E-state index contributed by atoms with van der Waals surface area (Å²) in [4.78, 5) is 0. The van der Waals surface area contributed by atoms with Crippen LogP contribution in [-0.4, -0.2) is 15.8 Å². The van der Waals surface area contributed by atoms with E-state index in [0.29, 0.717) is 0 Å². The van der Waals surface area contributed by atoms with Crippen molar-refractivity contribution in [1.29, 1.82) is 0 Å². The van der Waals surface area contributed by atoms with Crippen LogP contribution in [0, 0.1) is 13.8 Å². The zero-order valence-corrected chi connectivity index (χ0v) is 12.9. The highest BCUT2D eigenvalue weighted by molar-refractivity contribution is 9.10. The highest BCUT2D eigenvalue weighted by Crippen LogP contribution is 2.25. The largest absolute Gasteiger partial charge is 0.310 e. The fourth-order valence-electron chi connectivity index (χ4n) is 2.32. The van der Waals surface area contributed by atoms with E-state index in [4.69, 9.17) is 0 Å². The maximum Gasteiger partial charge on any atom is 0.0790 e. The Morgan fingerprint density at radius 2 is 2.05 bits per heavy atom. The molecule has 0 aliphatic heterocycles. The van der Waals surface area contributed by atoms with Gasteiger partial charge in [-0.2, -0.15) is 5.10 Å². The number of benzene rings is 1. The number of aryl methyl sites for hydroxylation is 1. The van der Waals surface area contributed by atoms with Gasteiger partial charge in [0, 0.05) is 28.3 Å². The maximum absolute atomic E-state index is 4.69. The first-order valence-electron chi connectivity index (χ1n) is 6.70. The number of para-hydroxylation sites is 1. The van der Waals surface area contributed by atoms with E-state index >= 15 is 0 Å². The zero-order valence-electron chi connectivity index (χ0n) is 11.3. The number of hydrogen-bond donors (Lipinski definition) is 1. The van der Waals surface area contributed by atoms with Crippen molar-refractivity contribution in [2.75, 3.05) is 0 Å². The fraction of sp³-hybridized carbons (Fsp3) is 0.400. The summed E-state index contributed by atoms with van der Waals surface area (Å²) in [5.74, 6) is 0. The lowest BCUT2D eigenvalue weighted by Crippen LogP contribution is -2.16. The van der Waals surface area contributed by atoms with Gasteiger partial charge in [-0.1, -0.05) is 12.1 Å². The summed E-state index contributed by atoms with van der Waals surface area (Å²) < 4.78 is 3.10. The van der Waals surface area contributed by atoms with Crippen LogP contribution in [0.4, 0.5) is 0 Å². The summed E-state index contributed by atoms with van der Waals surface area (Å²) in [7, 11) is 0. The van der Waals surface area contributed by atoms with Crippen LogP contribution in [0.25, 0.3) is 5.69 Å². The predicted octanol–water partition coefficient (Wildman–Crippen LogP) is 3.50. The highest BCUT2D eigenvalue weighted by atomic mass is 79.9. The summed E-state index contributed by atoms with van der Waals surface area (Å²) in [6.45, 7) is 5.15. The SMILES string of the molecule is Cc1nn(-c2ccccc2Br)c(C)c1CNC1CC1. The maximum atomic E-state index is 4.69. The molecule has 0 radical (unpaired) electrons. The lowest BCUT2D eigenvalue weighted by molar-refractivity contribution is 0.682. The molecule has 0 unspecified atom stereocenters. The van der Waals surface area contributed by atoms with E-state index in [1.165, 1.54) is 24.1 Å². The van der Waals surface area contributed by atoms with Gasteiger partial charge < -0.3 is 5.32 Å². The zero-order chi connectivity index (χ0) is 13.4. The molecule has 1 aliphatic rings. The Kier molecular flexibility index (Phi) is 3.46. The van der Waals surface area contributed by atoms with E-state index in [-0.39, 0.29) is 0 Å². The normalized spacial score (nSPS) is 14.9. The van der Waals surface area contributed by atoms with E-state index < -0.39 is 0 Å². The molecule has 1 heterocycles. The van der Waals surface area contributed by atoms with Crippen LogP contribution < -0.4 is 5.32 Å². The summed E-state index contributed by atoms with van der Waals surface area (Å²) in [6.07, 6.45) is 2.63. The molecule has 1 aliphatic carbocycles. The van der Waals surface area contributed by atoms with Gasteiger partial charge in [-0.3, -0.25) is 0 Å². The Morgan fingerprint density at radius 3 is 2.74 bits per heavy atom. The van der Waals surface area contributed by atoms with Gasteiger partial charge in [0.05, 0.1) is 11.4 Å². The molecule has 0 spiro atoms. The first-order chi connectivity index (χ1) is 9.16. The summed E-state index contributed by atoms with van der Waals surface area (Å²) in [5.41, 5.74) is 4.75. The van der Waals surface area contributed by atoms with Gasteiger partial charge in [0.2, 0.25) is 0 Å². The van der Waals surface area contributed by atoms with E-state index in [1.54, 1.807) is 0 Å². The Labute approximate surface area is 122 Å². The molecule has 1 saturated carbocycles. The van der Waals surface area contributed by atoms with Crippen molar-refractivity contribution in [3.05, 3.63) is 45.7 Å². The third-order valence-electron chi connectivity index (χ3n) is 3.67. The smallest absolute Gasteiger partial charge is 0.0790 e. The number of hydrogen-bond acceptors (Lipinski definition) is 2. The number of halogens is 1. The summed E-state index contributed by atoms with van der Waals surface area (Å²) in [5, 5.41) is 8.26. The summed E-state index contributed by atoms with van der Waals surface area (Å²) in [6, 6.07) is 8.92. The molecule has 3 rings (SSSR count). The van der Waals surface area contributed by atoms with Crippen LogP contribution in [0.1, 0.15) is 29.8 Å². The van der Waals surface area contributed by atoms with Crippen molar-refractivity contribution in [1.82, 2.24) is 15.1 Å². The van der Waals surface area contributed by atoms with Crippen molar-refractivity contribution in [2.45, 2.75) is 39.3 Å². The first-order valence-corrected chi connectivity index (χ1v) is 7.49. The molecule has 1 aromatic carbocycles. The minimum Gasteiger partial charge on any atom is -0.310 e. The second-order valence-electron chi connectivity index (χ2n) is 5.17. The number of nitrogens with one attached hydrogen (secondary N) is 1. The Hall–Kier alpha value is -1.13. The van der Waals surface area contributed by atoms with Crippen LogP contribution in [-0.2, 0) is 6.54 Å². The molecule has 2 aromatic rings. The monoisotopic (exact) mass is 319 g/mol. The number of nitrogens with zero attached hydrogens (tertiary/aromatic N) is 2. The van der Waals surface area contributed by atoms with Gasteiger partial charge in [-0.15, -0.1) is 0 Å². The molecule has 1 fully saturated rings. The molecule has 100 valence electrons. The fourth-order valence-corrected chi connectivity index (χ4v) is 2.78. The van der Waals surface area contributed by atoms with Gasteiger partial charge in [-0.05, 0) is 54.8 Å². The molecule has 1 N–H and O–H groups in total. The average Bonchev–Trinajstić information content (AvgIpc) is 3.17. The lowest BCUT2D eigenvalue weighted by Gasteiger charge is -2.08. The first kappa shape index (κ1) is 12.9. The Bertz CT molecular complexity index is 599. The van der Waals surface area contributed by atoms with Crippen molar-refractivity contribution in [3.63, 3.8) is 0 Å². The molecule has 0 atom stereocenters. The van der Waals surface area contributed by atoms with Crippen molar-refractivity contribution in [3.8, 4) is 5.69 Å². The molecular weight excluding hydrogens is 302 g/mol. The predicted molar refractivity (Wildman–Crippen MR) is 80.6 cm³/mol.